The molecule has 1 aromatic heterocycles. The summed E-state index contributed by atoms with van der Waals surface area (Å²) in [6, 6.07) is 11.4. The first kappa shape index (κ1) is 22.4. The van der Waals surface area contributed by atoms with Crippen molar-refractivity contribution < 1.29 is 18.1 Å². The van der Waals surface area contributed by atoms with Crippen molar-refractivity contribution in [2.45, 2.75) is 21.9 Å². The number of nitro groups is 1. The molecule has 2 heterocycles. The highest BCUT2D eigenvalue weighted by molar-refractivity contribution is 7.99. The molecule has 2 aromatic carbocycles. The van der Waals surface area contributed by atoms with Crippen LogP contribution >= 0.6 is 11.8 Å². The van der Waals surface area contributed by atoms with Crippen molar-refractivity contribution in [3.63, 3.8) is 0 Å². The number of benzene rings is 2. The zero-order valence-corrected chi connectivity index (χ0v) is 18.9. The van der Waals surface area contributed by atoms with Crippen molar-refractivity contribution in [2.75, 3.05) is 38.2 Å². The molecule has 168 valence electrons. The Bertz CT molecular complexity index is 1260. The van der Waals surface area contributed by atoms with E-state index in [1.54, 1.807) is 0 Å². The molecule has 0 saturated carbocycles. The first-order valence-electron chi connectivity index (χ1n) is 9.95. The summed E-state index contributed by atoms with van der Waals surface area (Å²) in [6.07, 6.45) is 0. The average Bonchev–Trinajstić information content (AvgIpc) is 2.80. The molecule has 0 unspecified atom stereocenters. The quantitative estimate of drug-likeness (QED) is 0.311. The maximum absolute atomic E-state index is 12.9. The minimum absolute atomic E-state index is 0.122. The van der Waals surface area contributed by atoms with E-state index in [0.717, 1.165) is 23.2 Å². The number of fused-ring (bicyclic) bond motifs is 1. The van der Waals surface area contributed by atoms with Crippen LogP contribution in [0.25, 0.3) is 10.9 Å². The lowest BCUT2D eigenvalue weighted by Crippen LogP contribution is -2.40. The molecule has 1 N–H and O–H groups in total. The molecule has 0 radical (unpaired) electrons. The summed E-state index contributed by atoms with van der Waals surface area (Å²) in [6.45, 7) is 3.61. The van der Waals surface area contributed by atoms with Crippen LogP contribution in [0.3, 0.4) is 0 Å². The van der Waals surface area contributed by atoms with Gasteiger partial charge in [-0.3, -0.25) is 10.1 Å². The number of hydrogen-bond donors (Lipinski definition) is 1. The number of morpholine rings is 1. The number of rotatable bonds is 7. The van der Waals surface area contributed by atoms with Gasteiger partial charge in [-0.15, -0.1) is 0 Å². The standard InChI is InChI=1S/C20H21N5O5S2/c1-2-21-19-15-5-3-4-6-16(15)22-20(23-19)31-18-8-7-14(13-17(18)25(26)27)32(28,29)24-9-11-30-12-10-24/h3-8,13H,2,9-12H2,1H3,(H,21,22,23). The van der Waals surface area contributed by atoms with Gasteiger partial charge in [0.25, 0.3) is 5.69 Å². The molecule has 0 spiro atoms. The van der Waals surface area contributed by atoms with E-state index in [1.165, 1.54) is 16.4 Å². The maximum Gasteiger partial charge on any atom is 0.284 e. The molecule has 1 aliphatic heterocycles. The molecule has 0 aliphatic carbocycles. The fourth-order valence-corrected chi connectivity index (χ4v) is 5.60. The largest absolute Gasteiger partial charge is 0.379 e. The molecule has 1 aliphatic rings. The number of aromatic nitrogens is 2. The van der Waals surface area contributed by atoms with Crippen molar-refractivity contribution in [1.82, 2.24) is 14.3 Å². The Balaban J connectivity index is 1.71. The summed E-state index contributed by atoms with van der Waals surface area (Å²) in [4.78, 5) is 20.3. The maximum atomic E-state index is 12.9. The predicted octanol–water partition coefficient (Wildman–Crippen LogP) is 3.14. The highest BCUT2D eigenvalue weighted by Gasteiger charge is 2.29. The smallest absolute Gasteiger partial charge is 0.284 e. The Morgan fingerprint density at radius 3 is 2.66 bits per heavy atom. The Morgan fingerprint density at radius 1 is 1.19 bits per heavy atom. The molecule has 3 aromatic rings. The first-order valence-corrected chi connectivity index (χ1v) is 12.2. The van der Waals surface area contributed by atoms with E-state index >= 15 is 0 Å². The fourth-order valence-electron chi connectivity index (χ4n) is 3.32. The monoisotopic (exact) mass is 475 g/mol. The average molecular weight is 476 g/mol. The molecule has 0 atom stereocenters. The third kappa shape index (κ3) is 4.53. The summed E-state index contributed by atoms with van der Waals surface area (Å²) < 4.78 is 32.3. The fraction of sp³-hybridized carbons (Fsp3) is 0.300. The third-order valence-corrected chi connectivity index (χ3v) is 7.69. The van der Waals surface area contributed by atoms with E-state index in [2.05, 4.69) is 15.3 Å². The second-order valence-corrected chi connectivity index (χ2v) is 9.85. The third-order valence-electron chi connectivity index (χ3n) is 4.86. The van der Waals surface area contributed by atoms with Gasteiger partial charge in [-0.05, 0) is 43.0 Å². The van der Waals surface area contributed by atoms with Crippen molar-refractivity contribution in [1.29, 1.82) is 0 Å². The van der Waals surface area contributed by atoms with Crippen LogP contribution in [0.5, 0.6) is 0 Å². The van der Waals surface area contributed by atoms with Gasteiger partial charge >= 0.3 is 0 Å². The van der Waals surface area contributed by atoms with Crippen LogP contribution in [0.15, 0.2) is 57.4 Å². The van der Waals surface area contributed by atoms with Crippen LogP contribution in [-0.2, 0) is 14.8 Å². The Labute approximate surface area is 189 Å². The Morgan fingerprint density at radius 2 is 1.94 bits per heavy atom. The molecule has 1 saturated heterocycles. The first-order chi connectivity index (χ1) is 15.4. The molecule has 12 heteroatoms. The number of hydrogen-bond acceptors (Lipinski definition) is 9. The van der Waals surface area contributed by atoms with Crippen molar-refractivity contribution in [2.24, 2.45) is 0 Å². The van der Waals surface area contributed by atoms with Crippen molar-refractivity contribution >= 4 is 44.2 Å². The second kappa shape index (κ2) is 9.36. The molecule has 1 fully saturated rings. The summed E-state index contributed by atoms with van der Waals surface area (Å²) in [5.74, 6) is 0.634. The van der Waals surface area contributed by atoms with E-state index in [-0.39, 0.29) is 28.6 Å². The molecule has 32 heavy (non-hydrogen) atoms. The van der Waals surface area contributed by atoms with Gasteiger partial charge in [0.1, 0.15) is 5.82 Å². The molecule has 0 amide bonds. The predicted molar refractivity (Wildman–Crippen MR) is 120 cm³/mol. The van der Waals surface area contributed by atoms with E-state index in [1.807, 2.05) is 31.2 Å². The van der Waals surface area contributed by atoms with Gasteiger partial charge in [-0.1, -0.05) is 12.1 Å². The van der Waals surface area contributed by atoms with Gasteiger partial charge in [0.2, 0.25) is 10.0 Å². The molecule has 0 bridgehead atoms. The number of nitrogens with zero attached hydrogens (tertiary/aromatic N) is 4. The number of nitro benzene ring substituents is 1. The van der Waals surface area contributed by atoms with Gasteiger partial charge in [-0.25, -0.2) is 18.4 Å². The highest BCUT2D eigenvalue weighted by atomic mass is 32.2. The topological polar surface area (TPSA) is 128 Å². The van der Waals surface area contributed by atoms with Gasteiger partial charge in [0.15, 0.2) is 5.16 Å². The normalized spacial score (nSPS) is 15.0. The minimum Gasteiger partial charge on any atom is -0.379 e. The van der Waals surface area contributed by atoms with Gasteiger partial charge in [0, 0.05) is 31.1 Å². The molecule has 4 rings (SSSR count). The summed E-state index contributed by atoms with van der Waals surface area (Å²) in [5, 5.41) is 16.1. The number of ether oxygens (including phenoxy) is 1. The van der Waals surface area contributed by atoms with Crippen LogP contribution in [0.1, 0.15) is 6.92 Å². The number of para-hydroxylation sites is 1. The van der Waals surface area contributed by atoms with Gasteiger partial charge in [0.05, 0.1) is 33.4 Å². The lowest BCUT2D eigenvalue weighted by atomic mass is 10.2. The van der Waals surface area contributed by atoms with Crippen molar-refractivity contribution in [3.8, 4) is 0 Å². The van der Waals surface area contributed by atoms with Gasteiger partial charge in [-0.2, -0.15) is 4.31 Å². The van der Waals surface area contributed by atoms with Crippen LogP contribution in [-0.4, -0.2) is 60.5 Å². The second-order valence-electron chi connectivity index (χ2n) is 6.91. The Kier molecular flexibility index (Phi) is 6.55. The van der Waals surface area contributed by atoms with Crippen LogP contribution in [0.4, 0.5) is 11.5 Å². The highest BCUT2D eigenvalue weighted by Crippen LogP contribution is 2.36. The van der Waals surface area contributed by atoms with Crippen LogP contribution in [0, 0.1) is 10.1 Å². The zero-order valence-electron chi connectivity index (χ0n) is 17.2. The lowest BCUT2D eigenvalue weighted by molar-refractivity contribution is -0.388. The number of nitrogens with one attached hydrogen (secondary N) is 1. The van der Waals surface area contributed by atoms with E-state index < -0.39 is 14.9 Å². The summed E-state index contributed by atoms with van der Waals surface area (Å²) >= 11 is 1.02. The SMILES string of the molecule is CCNc1nc(Sc2ccc(S(=O)(=O)N3CCOCC3)cc2[N+](=O)[O-])nc2ccccc12. The van der Waals surface area contributed by atoms with E-state index in [4.69, 9.17) is 4.74 Å². The van der Waals surface area contributed by atoms with E-state index in [9.17, 15) is 18.5 Å². The van der Waals surface area contributed by atoms with E-state index in [0.29, 0.717) is 36.2 Å². The molecule has 10 nitrogen and oxygen atoms in total. The summed E-state index contributed by atoms with van der Waals surface area (Å²) in [5.41, 5.74) is 0.390. The lowest BCUT2D eigenvalue weighted by Gasteiger charge is -2.26. The molecular weight excluding hydrogens is 454 g/mol. The van der Waals surface area contributed by atoms with Crippen molar-refractivity contribution in [3.05, 3.63) is 52.6 Å². The van der Waals surface area contributed by atoms with Gasteiger partial charge < -0.3 is 10.1 Å². The Hall–Kier alpha value is -2.80. The zero-order chi connectivity index (χ0) is 22.7. The number of sulfonamides is 1. The molecular formula is C20H21N5O5S2. The van der Waals surface area contributed by atoms with Crippen LogP contribution < -0.4 is 5.32 Å². The minimum atomic E-state index is -3.85. The summed E-state index contributed by atoms with van der Waals surface area (Å²) in [7, 11) is -3.85. The van der Waals surface area contributed by atoms with Crippen LogP contribution in [0.2, 0.25) is 0 Å². The number of anilines is 1.